The molecule has 2 aliphatic carbocycles. The van der Waals surface area contributed by atoms with Crippen molar-refractivity contribution in [1.82, 2.24) is 14.5 Å². The summed E-state index contributed by atoms with van der Waals surface area (Å²) in [5, 5.41) is 11.9. The van der Waals surface area contributed by atoms with Gasteiger partial charge in [-0.1, -0.05) is 204 Å². The first-order valence-electron chi connectivity index (χ1n) is 26.5. The monoisotopic (exact) mass is 1090 g/mol. The Kier molecular flexibility index (Phi) is 12.0. The minimum absolute atomic E-state index is 0. The van der Waals surface area contributed by atoms with Crippen LogP contribution in [0.25, 0.3) is 83.9 Å². The number of benzene rings is 7. The predicted octanol–water partition coefficient (Wildman–Crippen LogP) is 16.7. The van der Waals surface area contributed by atoms with Crippen molar-refractivity contribution < 1.29 is 31.7 Å². The third-order valence-corrected chi connectivity index (χ3v) is 14.1. The summed E-state index contributed by atoms with van der Waals surface area (Å²) in [5.41, 5.74) is 14.3. The summed E-state index contributed by atoms with van der Waals surface area (Å²) >= 11 is 0. The van der Waals surface area contributed by atoms with Crippen LogP contribution in [0.2, 0.25) is 0 Å². The topological polar surface area (TPSA) is 50.9 Å². The molecule has 0 saturated heterocycles. The van der Waals surface area contributed by atoms with Crippen molar-refractivity contribution >= 4 is 11.0 Å². The van der Waals surface area contributed by atoms with Crippen LogP contribution in [0.1, 0.15) is 94.3 Å². The van der Waals surface area contributed by atoms with Gasteiger partial charge in [0.25, 0.3) is 0 Å². The van der Waals surface area contributed by atoms with E-state index < -0.39 is 12.7 Å². The van der Waals surface area contributed by atoms with Crippen LogP contribution in [0, 0.1) is 17.9 Å². The molecule has 4 nitrogen and oxygen atoms in total. The first-order valence-corrected chi connectivity index (χ1v) is 24.5. The number of phenolic OH excluding ortho intramolecular Hbond substituents is 1. The number of imidazole rings is 1. The summed E-state index contributed by atoms with van der Waals surface area (Å²) < 4.78 is 39.1. The van der Waals surface area contributed by atoms with Gasteiger partial charge in [0.1, 0.15) is 11.6 Å². The number of hydrogen-bond acceptors (Lipinski definition) is 3. The van der Waals surface area contributed by atoms with Crippen molar-refractivity contribution in [2.75, 3.05) is 0 Å². The van der Waals surface area contributed by atoms with E-state index in [4.69, 9.17) is 12.7 Å². The molecular formula is C64H60N3OPt-. The summed E-state index contributed by atoms with van der Waals surface area (Å²) in [6.45, 7) is 6.50. The van der Waals surface area contributed by atoms with Crippen molar-refractivity contribution in [2.24, 2.45) is 11.8 Å². The zero-order valence-corrected chi connectivity index (χ0v) is 41.9. The summed E-state index contributed by atoms with van der Waals surface area (Å²) in [4.78, 5) is 10.5. The normalized spacial score (nSPS) is 15.6. The second-order valence-corrected chi connectivity index (χ2v) is 19.8. The van der Waals surface area contributed by atoms with E-state index >= 15 is 0 Å². The number of rotatable bonds is 11. The summed E-state index contributed by atoms with van der Waals surface area (Å²) in [5.74, 6) is 0.688. The van der Waals surface area contributed by atoms with Gasteiger partial charge in [0, 0.05) is 44.0 Å². The molecule has 2 saturated carbocycles. The molecule has 2 aromatic heterocycles. The van der Waals surface area contributed by atoms with Crippen LogP contribution in [0.4, 0.5) is 0 Å². The smallest absolute Gasteiger partial charge is 0.148 e. The van der Waals surface area contributed by atoms with Crippen LogP contribution in [0.5, 0.6) is 5.75 Å². The molecule has 348 valence electrons. The summed E-state index contributed by atoms with van der Waals surface area (Å²) in [6, 6.07) is 58.8. The fourth-order valence-electron chi connectivity index (χ4n) is 10.4. The average molecular weight is 1090 g/mol. The van der Waals surface area contributed by atoms with E-state index in [0.29, 0.717) is 17.0 Å². The zero-order valence-electron chi connectivity index (χ0n) is 43.6. The van der Waals surface area contributed by atoms with Crippen molar-refractivity contribution in [3.05, 3.63) is 193 Å². The van der Waals surface area contributed by atoms with Gasteiger partial charge in [-0.3, -0.25) is 9.55 Å². The molecule has 11 rings (SSSR count). The Morgan fingerprint density at radius 2 is 1.22 bits per heavy atom. The van der Waals surface area contributed by atoms with Gasteiger partial charge in [-0.2, -0.15) is 0 Å². The Morgan fingerprint density at radius 1 is 0.580 bits per heavy atom. The molecule has 0 atom stereocenters. The maximum atomic E-state index is 11.9. The third kappa shape index (κ3) is 9.79. The minimum atomic E-state index is -1.51. The van der Waals surface area contributed by atoms with Crippen LogP contribution in [0.3, 0.4) is 0 Å². The van der Waals surface area contributed by atoms with Crippen molar-refractivity contribution in [3.8, 4) is 78.6 Å². The minimum Gasteiger partial charge on any atom is -0.507 e. The Hall–Kier alpha value is -6.35. The quantitative estimate of drug-likeness (QED) is 0.131. The van der Waals surface area contributed by atoms with Crippen LogP contribution in [0.15, 0.2) is 170 Å². The SMILES string of the molecule is [2H]C([2H])(c1ccc(-c2ccnc(-c3[c-]c(-c4cccc5c4nc(-c4cc(C(C)(C)C)ccc4O)n5-c4ccc(C([2H])([2H])C5CCCC5)cc4-c4ccccc4)cc(-c4ccccc4)c3)c2)cc1)C1CCCC1.[Pt]. The maximum Gasteiger partial charge on any atom is 0.148 e. The predicted molar refractivity (Wildman–Crippen MR) is 282 cm³/mol. The Balaban J connectivity index is 0.00000611. The molecule has 9 aromatic rings. The Labute approximate surface area is 428 Å². The molecule has 0 amide bonds. The number of aromatic hydroxyl groups is 1. The van der Waals surface area contributed by atoms with Crippen molar-refractivity contribution in [2.45, 2.75) is 90.3 Å². The molecular weight excluding hydrogens is 1020 g/mol. The number of fused-ring (bicyclic) bond motifs is 1. The number of aromatic nitrogens is 3. The molecule has 69 heavy (non-hydrogen) atoms. The molecule has 5 heteroatoms. The maximum absolute atomic E-state index is 11.9. The van der Waals surface area contributed by atoms with Gasteiger partial charge < -0.3 is 5.11 Å². The zero-order chi connectivity index (χ0) is 49.8. The molecule has 0 bridgehead atoms. The Bertz CT molecular complexity index is 3430. The van der Waals surface area contributed by atoms with Gasteiger partial charge in [0.05, 0.1) is 22.3 Å². The van der Waals surface area contributed by atoms with E-state index in [-0.39, 0.29) is 44.1 Å². The number of hydrogen-bond donors (Lipinski definition) is 1. The van der Waals surface area contributed by atoms with Crippen molar-refractivity contribution in [1.29, 1.82) is 0 Å². The van der Waals surface area contributed by atoms with E-state index in [9.17, 15) is 7.85 Å². The molecule has 0 radical (unpaired) electrons. The van der Waals surface area contributed by atoms with Gasteiger partial charge in [0.2, 0.25) is 0 Å². The van der Waals surface area contributed by atoms with E-state index in [1.54, 1.807) is 6.07 Å². The molecule has 1 N–H and O–H groups in total. The second-order valence-electron chi connectivity index (χ2n) is 19.8. The molecule has 2 fully saturated rings. The van der Waals surface area contributed by atoms with Gasteiger partial charge in [-0.15, -0.1) is 23.8 Å². The number of phenols is 1. The van der Waals surface area contributed by atoms with Crippen molar-refractivity contribution in [3.63, 3.8) is 0 Å². The fourth-order valence-corrected chi connectivity index (χ4v) is 10.4. The molecule has 0 spiro atoms. The van der Waals surface area contributed by atoms with E-state index in [0.717, 1.165) is 135 Å². The average Bonchev–Trinajstić information content (AvgIpc) is 4.23. The first kappa shape index (κ1) is 41.6. The van der Waals surface area contributed by atoms with Gasteiger partial charge in [-0.05, 0) is 105 Å². The van der Waals surface area contributed by atoms with Gasteiger partial charge >= 0.3 is 0 Å². The third-order valence-electron chi connectivity index (χ3n) is 14.1. The van der Waals surface area contributed by atoms with E-state index in [1.807, 2.05) is 97.2 Å². The molecule has 7 aromatic carbocycles. The first-order chi connectivity index (χ1) is 34.7. The van der Waals surface area contributed by atoms with Crippen LogP contribution >= 0.6 is 0 Å². The molecule has 2 aliphatic rings. The van der Waals surface area contributed by atoms with Gasteiger partial charge in [-0.25, -0.2) is 4.98 Å². The van der Waals surface area contributed by atoms with Gasteiger partial charge in [0.15, 0.2) is 0 Å². The standard InChI is InChI=1S/C64H60N3O.Pt/c1-64(2,3)54-30-32-61(68)57(42-54)63-66-62-55(23-14-24-60(62)67(63)59-31-27-46(36-44-17-12-13-18-44)37-56(59)49-21-8-5-9-22-49)52-38-51(47-19-6-4-7-20-47)39-53(40-52)58-41-50(33-34-65-58)48-28-25-45(26-29-48)35-43-15-10-11-16-43;/h4-9,14,19-34,37-39,41-44,68H,10-13,15-18,35-36H2,1-3H3;/q-1;/i35D2,36D2;. The van der Waals surface area contributed by atoms with Crippen LogP contribution in [-0.4, -0.2) is 19.6 Å². The van der Waals surface area contributed by atoms with Crippen LogP contribution < -0.4 is 0 Å². The molecule has 2 heterocycles. The van der Waals surface area contributed by atoms with E-state index in [2.05, 4.69) is 98.1 Å². The molecule has 0 aliphatic heterocycles. The second kappa shape index (κ2) is 19.9. The fraction of sp³-hybridized carbons (Fsp3) is 0.250. The van der Waals surface area contributed by atoms with Crippen LogP contribution in [-0.2, 0) is 39.2 Å². The Morgan fingerprint density at radius 3 is 1.91 bits per heavy atom. The number of pyridine rings is 1. The summed E-state index contributed by atoms with van der Waals surface area (Å²) in [7, 11) is 0. The number of para-hydroxylation sites is 1. The number of nitrogens with zero attached hydrogens (tertiary/aromatic N) is 3. The molecule has 0 unspecified atom stereocenters. The largest absolute Gasteiger partial charge is 0.507 e. The van der Waals surface area contributed by atoms with E-state index in [1.165, 1.54) is 0 Å². The summed E-state index contributed by atoms with van der Waals surface area (Å²) in [6.07, 6.45) is 6.85.